The molecule has 0 saturated carbocycles. The van der Waals surface area contributed by atoms with Crippen molar-refractivity contribution in [1.82, 2.24) is 5.32 Å². The third-order valence-electron chi connectivity index (χ3n) is 3.41. The fraction of sp³-hybridized carbons (Fsp3) is 0.588. The quantitative estimate of drug-likeness (QED) is 0.234. The summed E-state index contributed by atoms with van der Waals surface area (Å²) in [5.41, 5.74) is 6.02. The van der Waals surface area contributed by atoms with Gasteiger partial charge < -0.3 is 15.8 Å². The summed E-state index contributed by atoms with van der Waals surface area (Å²) in [6.07, 6.45) is -0.955. The lowest BCUT2D eigenvalue weighted by Gasteiger charge is -2.08. The lowest BCUT2D eigenvalue weighted by molar-refractivity contribution is -0.137. The molecule has 1 aromatic carbocycles. The molecule has 0 fully saturated rings. The maximum atomic E-state index is 12.5. The smallest absolute Gasteiger partial charge is 0.382 e. The first-order valence-corrected chi connectivity index (χ1v) is 8.21. The molecule has 0 aliphatic carbocycles. The second-order valence-electron chi connectivity index (χ2n) is 5.40. The number of nitrogens with zero attached hydrogens (tertiary/aromatic N) is 1. The van der Waals surface area contributed by atoms with Crippen molar-refractivity contribution < 1.29 is 17.9 Å². The molecular formula is C17H27F3IN3O. The van der Waals surface area contributed by atoms with E-state index in [1.54, 1.807) is 0 Å². The molecule has 25 heavy (non-hydrogen) atoms. The number of benzene rings is 1. The van der Waals surface area contributed by atoms with Gasteiger partial charge in [0.1, 0.15) is 0 Å². The van der Waals surface area contributed by atoms with E-state index in [9.17, 15) is 13.2 Å². The number of ether oxygens (including phenoxy) is 1. The molecule has 0 saturated heterocycles. The summed E-state index contributed by atoms with van der Waals surface area (Å²) in [6.45, 7) is 4.66. The Kier molecular flexibility index (Phi) is 12.7. The van der Waals surface area contributed by atoms with Crippen molar-refractivity contribution in [1.29, 1.82) is 0 Å². The second-order valence-corrected chi connectivity index (χ2v) is 5.40. The number of halogens is 4. The van der Waals surface area contributed by atoms with Gasteiger partial charge in [-0.25, -0.2) is 0 Å². The first kappa shape index (κ1) is 24.0. The molecule has 0 heterocycles. The third kappa shape index (κ3) is 11.2. The molecule has 8 heteroatoms. The van der Waals surface area contributed by atoms with Crippen LogP contribution in [0, 0.1) is 0 Å². The van der Waals surface area contributed by atoms with E-state index in [0.29, 0.717) is 32.3 Å². The van der Waals surface area contributed by atoms with Crippen molar-refractivity contribution in [3.8, 4) is 0 Å². The summed E-state index contributed by atoms with van der Waals surface area (Å²) < 4.78 is 42.6. The summed E-state index contributed by atoms with van der Waals surface area (Å²) in [5, 5.41) is 3.03. The van der Waals surface area contributed by atoms with E-state index in [0.717, 1.165) is 43.4 Å². The van der Waals surface area contributed by atoms with Gasteiger partial charge in [-0.05, 0) is 50.3 Å². The summed E-state index contributed by atoms with van der Waals surface area (Å²) in [4.78, 5) is 4.18. The van der Waals surface area contributed by atoms with Gasteiger partial charge in [-0.1, -0.05) is 12.1 Å². The van der Waals surface area contributed by atoms with Gasteiger partial charge in [-0.15, -0.1) is 24.0 Å². The maximum Gasteiger partial charge on any atom is 0.416 e. The summed E-state index contributed by atoms with van der Waals surface area (Å²) in [6, 6.07) is 5.32. The van der Waals surface area contributed by atoms with Crippen molar-refractivity contribution in [3.63, 3.8) is 0 Å². The van der Waals surface area contributed by atoms with Crippen LogP contribution in [0.15, 0.2) is 29.3 Å². The van der Waals surface area contributed by atoms with E-state index in [4.69, 9.17) is 10.5 Å². The predicted molar refractivity (Wildman–Crippen MR) is 105 cm³/mol. The van der Waals surface area contributed by atoms with Crippen LogP contribution in [0.25, 0.3) is 0 Å². The lowest BCUT2D eigenvalue weighted by Crippen LogP contribution is -2.32. The highest BCUT2D eigenvalue weighted by Gasteiger charge is 2.29. The molecule has 0 amide bonds. The van der Waals surface area contributed by atoms with Crippen LogP contribution in [-0.4, -0.2) is 32.3 Å². The van der Waals surface area contributed by atoms with Gasteiger partial charge in [0.15, 0.2) is 5.96 Å². The van der Waals surface area contributed by atoms with Gasteiger partial charge in [0.05, 0.1) is 5.56 Å². The van der Waals surface area contributed by atoms with E-state index in [1.165, 1.54) is 12.1 Å². The van der Waals surface area contributed by atoms with Crippen LogP contribution >= 0.6 is 24.0 Å². The molecule has 0 unspecified atom stereocenters. The average molecular weight is 473 g/mol. The molecule has 144 valence electrons. The number of hydrogen-bond donors (Lipinski definition) is 2. The van der Waals surface area contributed by atoms with E-state index < -0.39 is 11.7 Å². The Morgan fingerprint density at radius 2 is 1.84 bits per heavy atom. The highest BCUT2D eigenvalue weighted by Crippen LogP contribution is 2.29. The molecule has 0 aliphatic heterocycles. The molecule has 0 radical (unpaired) electrons. The van der Waals surface area contributed by atoms with Gasteiger partial charge in [0.25, 0.3) is 0 Å². The second kappa shape index (κ2) is 13.2. The van der Waals surface area contributed by atoms with Crippen molar-refractivity contribution in [2.45, 2.75) is 38.8 Å². The number of nitrogens with one attached hydrogen (secondary N) is 1. The van der Waals surface area contributed by atoms with Gasteiger partial charge in [0.2, 0.25) is 0 Å². The number of aryl methyl sites for hydroxylation is 1. The third-order valence-corrected chi connectivity index (χ3v) is 3.41. The minimum atomic E-state index is -4.28. The molecule has 1 rings (SSSR count). The standard InChI is InChI=1S/C17H26F3N3O.HI/c1-2-24-13-5-12-23-16(21)22-11-4-3-6-14-7-9-15(10-8-14)17(18,19)20;/h7-10H,2-6,11-13H2,1H3,(H3,21,22,23);1H. The van der Waals surface area contributed by atoms with Crippen molar-refractivity contribution in [3.05, 3.63) is 35.4 Å². The Bertz CT molecular complexity index is 493. The Balaban J connectivity index is 0.00000576. The molecule has 0 aliphatic rings. The van der Waals surface area contributed by atoms with Crippen LogP contribution in [0.1, 0.15) is 37.3 Å². The van der Waals surface area contributed by atoms with Crippen LogP contribution < -0.4 is 11.1 Å². The number of hydrogen-bond acceptors (Lipinski definition) is 2. The topological polar surface area (TPSA) is 59.6 Å². The number of rotatable bonds is 10. The first-order valence-electron chi connectivity index (χ1n) is 8.21. The highest BCUT2D eigenvalue weighted by atomic mass is 127. The number of nitrogens with two attached hydrogens (primary N) is 1. The van der Waals surface area contributed by atoms with E-state index >= 15 is 0 Å². The zero-order chi connectivity index (χ0) is 17.8. The fourth-order valence-electron chi connectivity index (χ4n) is 2.10. The summed E-state index contributed by atoms with van der Waals surface area (Å²) in [7, 11) is 0. The Morgan fingerprint density at radius 1 is 1.16 bits per heavy atom. The zero-order valence-corrected chi connectivity index (χ0v) is 16.8. The number of guanidine groups is 1. The number of aliphatic imine (C=N–C) groups is 1. The number of alkyl halides is 3. The monoisotopic (exact) mass is 473 g/mol. The van der Waals surface area contributed by atoms with E-state index in [1.807, 2.05) is 6.92 Å². The van der Waals surface area contributed by atoms with Crippen molar-refractivity contribution in [2.75, 3.05) is 26.3 Å². The first-order chi connectivity index (χ1) is 11.4. The highest BCUT2D eigenvalue weighted by molar-refractivity contribution is 14.0. The van der Waals surface area contributed by atoms with Crippen LogP contribution in [0.2, 0.25) is 0 Å². The molecule has 0 bridgehead atoms. The van der Waals surface area contributed by atoms with E-state index in [-0.39, 0.29) is 24.0 Å². The summed E-state index contributed by atoms with van der Waals surface area (Å²) >= 11 is 0. The molecular weight excluding hydrogens is 446 g/mol. The molecule has 1 aromatic rings. The Morgan fingerprint density at radius 3 is 2.44 bits per heavy atom. The largest absolute Gasteiger partial charge is 0.416 e. The Labute approximate surface area is 164 Å². The van der Waals surface area contributed by atoms with Crippen LogP contribution in [-0.2, 0) is 17.3 Å². The minimum absolute atomic E-state index is 0. The minimum Gasteiger partial charge on any atom is -0.382 e. The maximum absolute atomic E-state index is 12.5. The van der Waals surface area contributed by atoms with Gasteiger partial charge in [-0.3, -0.25) is 4.99 Å². The number of unbranched alkanes of at least 4 members (excludes halogenated alkanes) is 1. The SMILES string of the molecule is CCOCCCN=C(N)NCCCCc1ccc(C(F)(F)F)cc1.I. The molecule has 0 spiro atoms. The predicted octanol–water partition coefficient (Wildman–Crippen LogP) is 3.98. The van der Waals surface area contributed by atoms with Crippen molar-refractivity contribution >= 4 is 29.9 Å². The van der Waals surface area contributed by atoms with Gasteiger partial charge in [-0.2, -0.15) is 13.2 Å². The lowest BCUT2D eigenvalue weighted by atomic mass is 10.1. The fourth-order valence-corrected chi connectivity index (χ4v) is 2.10. The van der Waals surface area contributed by atoms with E-state index in [2.05, 4.69) is 10.3 Å². The normalized spacial score (nSPS) is 11.9. The van der Waals surface area contributed by atoms with Gasteiger partial charge in [0, 0.05) is 26.3 Å². The Hall–Kier alpha value is -1.03. The molecule has 0 atom stereocenters. The van der Waals surface area contributed by atoms with Crippen LogP contribution in [0.3, 0.4) is 0 Å². The van der Waals surface area contributed by atoms with Gasteiger partial charge >= 0.3 is 6.18 Å². The zero-order valence-electron chi connectivity index (χ0n) is 14.4. The molecule has 3 N–H and O–H groups in total. The van der Waals surface area contributed by atoms with Crippen LogP contribution in [0.4, 0.5) is 13.2 Å². The summed E-state index contributed by atoms with van der Waals surface area (Å²) in [5.74, 6) is 0.418. The average Bonchev–Trinajstić information content (AvgIpc) is 2.54. The van der Waals surface area contributed by atoms with Crippen molar-refractivity contribution in [2.24, 2.45) is 10.7 Å². The molecule has 0 aromatic heterocycles. The van der Waals surface area contributed by atoms with Crippen LogP contribution in [0.5, 0.6) is 0 Å². The molecule has 4 nitrogen and oxygen atoms in total.